The first-order valence-electron chi connectivity index (χ1n) is 5.98. The minimum Gasteiger partial charge on any atom is -0.393 e. The molecular formula is C12H15FN4O4. The van der Waals surface area contributed by atoms with E-state index in [0.717, 1.165) is 6.07 Å². The zero-order chi connectivity index (χ0) is 16.3. The lowest BCUT2D eigenvalue weighted by Gasteiger charge is -2.19. The number of hydrogen-bond donors (Lipinski definition) is 3. The van der Waals surface area contributed by atoms with E-state index < -0.39 is 45.5 Å². The number of nitrogen functional groups attached to an aromatic ring is 1. The number of nitro benzene ring substituents is 1. The van der Waals surface area contributed by atoms with Crippen LogP contribution in [0.15, 0.2) is 12.1 Å². The fourth-order valence-corrected chi connectivity index (χ4v) is 1.73. The maximum Gasteiger partial charge on any atom is 0.295 e. The van der Waals surface area contributed by atoms with Gasteiger partial charge in [0.2, 0.25) is 5.91 Å². The Morgan fingerprint density at radius 3 is 2.38 bits per heavy atom. The molecule has 0 bridgehead atoms. The minimum atomic E-state index is -1.00. The minimum absolute atomic E-state index is 0.309. The Hall–Kier alpha value is -2.71. The lowest BCUT2D eigenvalue weighted by Crippen LogP contribution is -2.47. The molecule has 0 radical (unpaired) electrons. The normalized spacial score (nSPS) is 12.0. The molecular weight excluding hydrogens is 283 g/mol. The fraction of sp³-hybridized carbons (Fsp3) is 0.333. The van der Waals surface area contributed by atoms with Crippen molar-refractivity contribution in [3.8, 4) is 0 Å². The highest BCUT2D eigenvalue weighted by atomic mass is 19.1. The molecule has 8 nitrogen and oxygen atoms in total. The molecule has 1 unspecified atom stereocenters. The van der Waals surface area contributed by atoms with Crippen LogP contribution in [0.3, 0.4) is 0 Å². The summed E-state index contributed by atoms with van der Waals surface area (Å²) in [5.41, 5.74) is 9.01. The molecule has 0 aliphatic heterocycles. The number of amides is 2. The lowest BCUT2D eigenvalue weighted by molar-refractivity contribution is -0.384. The van der Waals surface area contributed by atoms with Crippen molar-refractivity contribution in [2.45, 2.75) is 19.9 Å². The molecule has 114 valence electrons. The molecule has 0 fully saturated rings. The van der Waals surface area contributed by atoms with E-state index >= 15 is 0 Å². The van der Waals surface area contributed by atoms with Crippen molar-refractivity contribution < 1.29 is 18.9 Å². The summed E-state index contributed by atoms with van der Waals surface area (Å²) in [6.07, 6.45) is 0. The van der Waals surface area contributed by atoms with Gasteiger partial charge in [0.25, 0.3) is 11.6 Å². The van der Waals surface area contributed by atoms with Crippen molar-refractivity contribution in [1.82, 2.24) is 5.32 Å². The topological polar surface area (TPSA) is 141 Å². The summed E-state index contributed by atoms with van der Waals surface area (Å²) < 4.78 is 13.4. The number of halogens is 1. The van der Waals surface area contributed by atoms with Crippen LogP contribution >= 0.6 is 0 Å². The first kappa shape index (κ1) is 16.3. The standard InChI is InChI=1S/C12H15FN4O4/c1-5(2)10(11(15)18)16-12(19)7-3-6(13)4-8(9(7)14)17(20)21/h3-5,10H,14H2,1-2H3,(H2,15,18)(H,16,19). The lowest BCUT2D eigenvalue weighted by atomic mass is 10.0. The smallest absolute Gasteiger partial charge is 0.295 e. The van der Waals surface area contributed by atoms with Crippen molar-refractivity contribution >= 4 is 23.2 Å². The van der Waals surface area contributed by atoms with Gasteiger partial charge in [-0.3, -0.25) is 19.7 Å². The van der Waals surface area contributed by atoms with Gasteiger partial charge in [-0.15, -0.1) is 0 Å². The molecule has 0 aliphatic rings. The van der Waals surface area contributed by atoms with Gasteiger partial charge in [-0.05, 0) is 12.0 Å². The molecule has 21 heavy (non-hydrogen) atoms. The quantitative estimate of drug-likeness (QED) is 0.413. The highest BCUT2D eigenvalue weighted by molar-refractivity contribution is 6.02. The van der Waals surface area contributed by atoms with Crippen molar-refractivity contribution in [2.75, 3.05) is 5.73 Å². The zero-order valence-electron chi connectivity index (χ0n) is 11.4. The summed E-state index contributed by atoms with van der Waals surface area (Å²) in [4.78, 5) is 33.1. The van der Waals surface area contributed by atoms with Gasteiger partial charge in [0.1, 0.15) is 17.5 Å². The molecule has 0 saturated carbocycles. The Morgan fingerprint density at radius 2 is 1.95 bits per heavy atom. The zero-order valence-corrected chi connectivity index (χ0v) is 11.4. The number of carbonyl (C=O) groups excluding carboxylic acids is 2. The number of rotatable bonds is 5. The number of primary amides is 1. The SMILES string of the molecule is CC(C)C(NC(=O)c1cc(F)cc([N+](=O)[O-])c1N)C(N)=O. The summed E-state index contributed by atoms with van der Waals surface area (Å²) in [6.45, 7) is 3.29. The van der Waals surface area contributed by atoms with Gasteiger partial charge in [0.05, 0.1) is 16.6 Å². The predicted octanol–water partition coefficient (Wildman–Crippen LogP) is 0.556. The Labute approximate surface area is 119 Å². The number of nitrogens with zero attached hydrogens (tertiary/aromatic N) is 1. The number of carbonyl (C=O) groups is 2. The van der Waals surface area contributed by atoms with Crippen molar-refractivity contribution in [2.24, 2.45) is 11.7 Å². The number of nitrogens with two attached hydrogens (primary N) is 2. The molecule has 0 aliphatic carbocycles. The van der Waals surface area contributed by atoms with Crippen molar-refractivity contribution in [1.29, 1.82) is 0 Å². The van der Waals surface area contributed by atoms with Crippen LogP contribution in [-0.2, 0) is 4.79 Å². The molecule has 0 saturated heterocycles. The maximum atomic E-state index is 13.4. The molecule has 1 atom stereocenters. The van der Waals surface area contributed by atoms with Gasteiger partial charge in [-0.25, -0.2) is 4.39 Å². The van der Waals surface area contributed by atoms with E-state index in [4.69, 9.17) is 11.5 Å². The fourth-order valence-electron chi connectivity index (χ4n) is 1.73. The average Bonchev–Trinajstić information content (AvgIpc) is 2.36. The van der Waals surface area contributed by atoms with Gasteiger partial charge in [-0.2, -0.15) is 0 Å². The van der Waals surface area contributed by atoms with E-state index in [9.17, 15) is 24.1 Å². The third-order valence-electron chi connectivity index (χ3n) is 2.82. The van der Waals surface area contributed by atoms with Crippen LogP contribution < -0.4 is 16.8 Å². The van der Waals surface area contributed by atoms with Gasteiger partial charge in [0.15, 0.2) is 0 Å². The van der Waals surface area contributed by atoms with E-state index in [0.29, 0.717) is 6.07 Å². The number of nitro groups is 1. The van der Waals surface area contributed by atoms with E-state index in [1.54, 1.807) is 13.8 Å². The van der Waals surface area contributed by atoms with Crippen LogP contribution in [0.1, 0.15) is 24.2 Å². The number of benzene rings is 1. The second-order valence-electron chi connectivity index (χ2n) is 4.74. The largest absolute Gasteiger partial charge is 0.393 e. The Balaban J connectivity index is 3.19. The molecule has 0 aromatic heterocycles. The summed E-state index contributed by atoms with van der Waals surface area (Å²) in [7, 11) is 0. The summed E-state index contributed by atoms with van der Waals surface area (Å²) in [5, 5.41) is 13.0. The average molecular weight is 298 g/mol. The summed E-state index contributed by atoms with van der Waals surface area (Å²) >= 11 is 0. The van der Waals surface area contributed by atoms with E-state index in [1.807, 2.05) is 0 Å². The van der Waals surface area contributed by atoms with Crippen LogP contribution in [0.2, 0.25) is 0 Å². The Morgan fingerprint density at radius 1 is 1.38 bits per heavy atom. The molecule has 1 aromatic carbocycles. The Bertz CT molecular complexity index is 603. The molecule has 2 amide bonds. The third kappa shape index (κ3) is 3.65. The maximum absolute atomic E-state index is 13.4. The van der Waals surface area contributed by atoms with Crippen LogP contribution in [0.25, 0.3) is 0 Å². The molecule has 5 N–H and O–H groups in total. The molecule has 1 aromatic rings. The van der Waals surface area contributed by atoms with Crippen LogP contribution in [0.4, 0.5) is 15.8 Å². The van der Waals surface area contributed by atoms with Gasteiger partial charge in [-0.1, -0.05) is 13.8 Å². The third-order valence-corrected chi connectivity index (χ3v) is 2.82. The van der Waals surface area contributed by atoms with Gasteiger partial charge >= 0.3 is 0 Å². The first-order valence-corrected chi connectivity index (χ1v) is 5.98. The highest BCUT2D eigenvalue weighted by Crippen LogP contribution is 2.26. The monoisotopic (exact) mass is 298 g/mol. The molecule has 9 heteroatoms. The molecule has 0 spiro atoms. The van der Waals surface area contributed by atoms with Crippen molar-refractivity contribution in [3.05, 3.63) is 33.6 Å². The molecule has 0 heterocycles. The number of anilines is 1. The first-order chi connectivity index (χ1) is 9.65. The van der Waals surface area contributed by atoms with E-state index in [-0.39, 0.29) is 5.92 Å². The summed E-state index contributed by atoms with van der Waals surface area (Å²) in [5.74, 6) is -2.98. The van der Waals surface area contributed by atoms with Crippen LogP contribution in [0, 0.1) is 21.8 Å². The number of hydrogen-bond acceptors (Lipinski definition) is 5. The molecule has 1 rings (SSSR count). The second kappa shape index (κ2) is 6.16. The predicted molar refractivity (Wildman–Crippen MR) is 72.8 cm³/mol. The summed E-state index contributed by atoms with van der Waals surface area (Å²) in [6, 6.07) is 0.370. The Kier molecular flexibility index (Phi) is 4.79. The second-order valence-corrected chi connectivity index (χ2v) is 4.74. The highest BCUT2D eigenvalue weighted by Gasteiger charge is 2.26. The van der Waals surface area contributed by atoms with Gasteiger partial charge in [0, 0.05) is 0 Å². The van der Waals surface area contributed by atoms with Gasteiger partial charge < -0.3 is 16.8 Å². The van der Waals surface area contributed by atoms with E-state index in [2.05, 4.69) is 5.32 Å². The van der Waals surface area contributed by atoms with Crippen LogP contribution in [-0.4, -0.2) is 22.8 Å². The van der Waals surface area contributed by atoms with Crippen molar-refractivity contribution in [3.63, 3.8) is 0 Å². The number of nitrogens with one attached hydrogen (secondary N) is 1. The van der Waals surface area contributed by atoms with Crippen LogP contribution in [0.5, 0.6) is 0 Å². The van der Waals surface area contributed by atoms with E-state index in [1.165, 1.54) is 0 Å².